The van der Waals surface area contributed by atoms with Crippen molar-refractivity contribution in [1.82, 2.24) is 20.5 Å². The van der Waals surface area contributed by atoms with Gasteiger partial charge in [-0.3, -0.25) is 19.5 Å². The number of carbonyl (C=O) groups excluding carboxylic acids is 2. The van der Waals surface area contributed by atoms with Crippen LogP contribution in [0, 0.1) is 0 Å². The highest BCUT2D eigenvalue weighted by Crippen LogP contribution is 2.29. The summed E-state index contributed by atoms with van der Waals surface area (Å²) in [6.07, 6.45) is 5.43. The van der Waals surface area contributed by atoms with Crippen molar-refractivity contribution >= 4 is 23.2 Å². The van der Waals surface area contributed by atoms with Crippen molar-refractivity contribution in [2.75, 3.05) is 13.1 Å². The molecule has 7 heteroatoms. The maximum absolute atomic E-state index is 12.7. The fourth-order valence-corrected chi connectivity index (χ4v) is 4.96. The third-order valence-corrected chi connectivity index (χ3v) is 6.55. The predicted molar refractivity (Wildman–Crippen MR) is 109 cm³/mol. The molecule has 0 saturated carbocycles. The van der Waals surface area contributed by atoms with Crippen LogP contribution in [0.1, 0.15) is 51.8 Å². The second kappa shape index (κ2) is 8.41. The number of nitrogens with zero attached hydrogens (tertiary/aromatic N) is 2. The largest absolute Gasteiger partial charge is 0.354 e. The molecule has 0 spiro atoms. The van der Waals surface area contributed by atoms with Crippen molar-refractivity contribution in [3.05, 3.63) is 51.0 Å². The summed E-state index contributed by atoms with van der Waals surface area (Å²) >= 11 is 1.64. The van der Waals surface area contributed by atoms with Gasteiger partial charge >= 0.3 is 0 Å². The molecule has 1 atom stereocenters. The van der Waals surface area contributed by atoms with E-state index in [4.69, 9.17) is 0 Å². The smallest absolute Gasteiger partial charge is 0.253 e. The van der Waals surface area contributed by atoms with E-state index in [1.54, 1.807) is 11.3 Å². The van der Waals surface area contributed by atoms with Gasteiger partial charge in [0.1, 0.15) is 6.04 Å². The maximum atomic E-state index is 12.7. The molecule has 0 bridgehead atoms. The highest BCUT2D eigenvalue weighted by molar-refractivity contribution is 7.10. The van der Waals surface area contributed by atoms with E-state index in [1.807, 2.05) is 11.6 Å². The highest BCUT2D eigenvalue weighted by atomic mass is 32.1. The Labute approximate surface area is 169 Å². The monoisotopic (exact) mass is 398 g/mol. The molecule has 28 heavy (non-hydrogen) atoms. The molecule has 0 aliphatic carbocycles. The average molecular weight is 399 g/mol. The Balaban J connectivity index is 1.39. The predicted octanol–water partition coefficient (Wildman–Crippen LogP) is 2.27. The Morgan fingerprint density at radius 1 is 1.43 bits per heavy atom. The van der Waals surface area contributed by atoms with Gasteiger partial charge in [0.2, 0.25) is 5.91 Å². The average Bonchev–Trinajstić information content (AvgIpc) is 3.14. The molecule has 4 heterocycles. The number of hydrogen-bond donors (Lipinski definition) is 2. The van der Waals surface area contributed by atoms with Gasteiger partial charge in [0.05, 0.1) is 11.3 Å². The Hall–Kier alpha value is -2.25. The topological polar surface area (TPSA) is 74.3 Å². The van der Waals surface area contributed by atoms with Crippen molar-refractivity contribution in [3.8, 4) is 0 Å². The molecule has 0 unspecified atom stereocenters. The molecule has 2 aromatic heterocycles. The summed E-state index contributed by atoms with van der Waals surface area (Å²) in [6.45, 7) is 5.41. The van der Waals surface area contributed by atoms with Crippen LogP contribution in [-0.4, -0.2) is 40.8 Å². The number of hydrogen-bond acceptors (Lipinski definition) is 5. The first-order chi connectivity index (χ1) is 13.6. The standard InChI is InChI=1S/C21H26N4O2S/c1-2-14-5-6-15(23-10-14)11-25-9-7-16-17(13-28-19(16)12-25)20(26)24-18-4-3-8-22-21(18)27/h5-6,10,13,18H,2-4,7-9,11-12H2,1H3,(H,22,27)(H,24,26)/t18-/m0/s1. The number of aromatic nitrogens is 1. The number of nitrogens with one attached hydrogen (secondary N) is 2. The van der Waals surface area contributed by atoms with E-state index in [0.29, 0.717) is 13.0 Å². The lowest BCUT2D eigenvalue weighted by Crippen LogP contribution is -2.50. The molecule has 2 amide bonds. The molecule has 0 aromatic carbocycles. The van der Waals surface area contributed by atoms with E-state index in [1.165, 1.54) is 10.4 Å². The van der Waals surface area contributed by atoms with Crippen molar-refractivity contribution in [3.63, 3.8) is 0 Å². The third kappa shape index (κ3) is 4.10. The zero-order valence-electron chi connectivity index (χ0n) is 16.2. The van der Waals surface area contributed by atoms with Crippen LogP contribution in [-0.2, 0) is 30.7 Å². The van der Waals surface area contributed by atoms with E-state index in [-0.39, 0.29) is 11.8 Å². The zero-order chi connectivity index (χ0) is 19.5. The highest BCUT2D eigenvalue weighted by Gasteiger charge is 2.28. The van der Waals surface area contributed by atoms with Crippen LogP contribution in [0.3, 0.4) is 0 Å². The van der Waals surface area contributed by atoms with Crippen LogP contribution in [0.15, 0.2) is 23.7 Å². The SMILES string of the molecule is CCc1ccc(CN2CCc3c(C(=O)N[C@H]4CCCNC4=O)csc3C2)nc1. The number of piperidine rings is 1. The lowest BCUT2D eigenvalue weighted by molar-refractivity contribution is -0.124. The molecule has 1 fully saturated rings. The summed E-state index contributed by atoms with van der Waals surface area (Å²) in [5, 5.41) is 7.68. The van der Waals surface area contributed by atoms with Gasteiger partial charge in [-0.2, -0.15) is 0 Å². The number of fused-ring (bicyclic) bond motifs is 1. The molecule has 6 nitrogen and oxygen atoms in total. The quantitative estimate of drug-likeness (QED) is 0.810. The van der Waals surface area contributed by atoms with Gasteiger partial charge < -0.3 is 10.6 Å². The molecule has 2 N–H and O–H groups in total. The van der Waals surface area contributed by atoms with Crippen LogP contribution >= 0.6 is 11.3 Å². The van der Waals surface area contributed by atoms with E-state index in [2.05, 4.69) is 39.6 Å². The Morgan fingerprint density at radius 2 is 2.32 bits per heavy atom. The van der Waals surface area contributed by atoms with Gasteiger partial charge in [0.15, 0.2) is 0 Å². The van der Waals surface area contributed by atoms with Crippen molar-refractivity contribution in [2.45, 2.75) is 51.7 Å². The lowest BCUT2D eigenvalue weighted by Gasteiger charge is -2.27. The fraction of sp³-hybridized carbons (Fsp3) is 0.476. The first kappa shape index (κ1) is 19.1. The van der Waals surface area contributed by atoms with Gasteiger partial charge in [-0.1, -0.05) is 13.0 Å². The maximum Gasteiger partial charge on any atom is 0.253 e. The second-order valence-electron chi connectivity index (χ2n) is 7.48. The molecule has 148 valence electrons. The molecule has 2 aromatic rings. The summed E-state index contributed by atoms with van der Waals surface area (Å²) in [4.78, 5) is 32.8. The van der Waals surface area contributed by atoms with Crippen molar-refractivity contribution in [1.29, 1.82) is 0 Å². The number of thiophene rings is 1. The van der Waals surface area contributed by atoms with E-state index in [0.717, 1.165) is 55.7 Å². The van der Waals surface area contributed by atoms with Gasteiger partial charge in [0.25, 0.3) is 5.91 Å². The Bertz CT molecular complexity index is 862. The number of amides is 2. The lowest BCUT2D eigenvalue weighted by atomic mass is 10.0. The van der Waals surface area contributed by atoms with Crippen LogP contribution in [0.25, 0.3) is 0 Å². The van der Waals surface area contributed by atoms with Crippen LogP contribution in [0.5, 0.6) is 0 Å². The van der Waals surface area contributed by atoms with E-state index >= 15 is 0 Å². The second-order valence-corrected chi connectivity index (χ2v) is 8.45. The van der Waals surface area contributed by atoms with E-state index in [9.17, 15) is 9.59 Å². The summed E-state index contributed by atoms with van der Waals surface area (Å²) < 4.78 is 0. The molecule has 4 rings (SSSR count). The first-order valence-electron chi connectivity index (χ1n) is 9.98. The van der Waals surface area contributed by atoms with Gasteiger partial charge in [0, 0.05) is 42.6 Å². The van der Waals surface area contributed by atoms with Crippen LogP contribution < -0.4 is 10.6 Å². The first-order valence-corrected chi connectivity index (χ1v) is 10.9. The number of carbonyl (C=O) groups is 2. The van der Waals surface area contributed by atoms with Crippen molar-refractivity contribution in [2.24, 2.45) is 0 Å². The molecule has 2 aliphatic rings. The fourth-order valence-electron chi connectivity index (χ4n) is 3.84. The van der Waals surface area contributed by atoms with Crippen molar-refractivity contribution < 1.29 is 9.59 Å². The Morgan fingerprint density at radius 3 is 3.07 bits per heavy atom. The third-order valence-electron chi connectivity index (χ3n) is 5.54. The molecule has 0 radical (unpaired) electrons. The van der Waals surface area contributed by atoms with Crippen LogP contribution in [0.4, 0.5) is 0 Å². The molecular weight excluding hydrogens is 372 g/mol. The van der Waals surface area contributed by atoms with Gasteiger partial charge in [-0.25, -0.2) is 0 Å². The molecule has 2 aliphatic heterocycles. The minimum atomic E-state index is -0.408. The summed E-state index contributed by atoms with van der Waals surface area (Å²) in [5.74, 6) is -0.193. The molecular formula is C21H26N4O2S. The van der Waals surface area contributed by atoms with E-state index < -0.39 is 6.04 Å². The summed E-state index contributed by atoms with van der Waals surface area (Å²) in [7, 11) is 0. The number of pyridine rings is 1. The van der Waals surface area contributed by atoms with Gasteiger partial charge in [-0.15, -0.1) is 11.3 Å². The minimum absolute atomic E-state index is 0.0727. The van der Waals surface area contributed by atoms with Gasteiger partial charge in [-0.05, 0) is 42.9 Å². The normalized spacial score (nSPS) is 19.8. The van der Waals surface area contributed by atoms with Crippen LogP contribution in [0.2, 0.25) is 0 Å². The Kier molecular flexibility index (Phi) is 5.73. The number of rotatable bonds is 5. The number of aryl methyl sites for hydroxylation is 1. The zero-order valence-corrected chi connectivity index (χ0v) is 17.0. The minimum Gasteiger partial charge on any atom is -0.354 e. The molecule has 1 saturated heterocycles. The summed E-state index contributed by atoms with van der Waals surface area (Å²) in [5.41, 5.74) is 4.22. The summed E-state index contributed by atoms with van der Waals surface area (Å²) in [6, 6.07) is 3.85.